The van der Waals surface area contributed by atoms with Crippen LogP contribution in [0.15, 0.2) is 0 Å². The Hall–Kier alpha value is -0.0400. The van der Waals surface area contributed by atoms with E-state index in [0.717, 1.165) is 23.9 Å². The minimum absolute atomic E-state index is 0.584. The third kappa shape index (κ3) is 3.29. The normalized spacial score (nSPS) is 40.7. The van der Waals surface area contributed by atoms with Crippen molar-refractivity contribution >= 4 is 0 Å². The van der Waals surface area contributed by atoms with Crippen LogP contribution in [0.1, 0.15) is 78.1 Å². The van der Waals surface area contributed by atoms with Crippen LogP contribution in [0.5, 0.6) is 0 Å². The SMILES string of the molecule is CC1(C)CCCC(NC2CCCC(C3CC3)C2)C1. The molecule has 0 bridgehead atoms. The highest BCUT2D eigenvalue weighted by Gasteiger charge is 2.36. The van der Waals surface area contributed by atoms with Gasteiger partial charge in [0.05, 0.1) is 0 Å². The molecule has 0 radical (unpaired) electrons. The molecule has 0 aliphatic heterocycles. The van der Waals surface area contributed by atoms with Crippen molar-refractivity contribution in [3.63, 3.8) is 0 Å². The summed E-state index contributed by atoms with van der Waals surface area (Å²) in [4.78, 5) is 0. The van der Waals surface area contributed by atoms with Gasteiger partial charge in [-0.05, 0) is 62.2 Å². The smallest absolute Gasteiger partial charge is 0.00747 e. The summed E-state index contributed by atoms with van der Waals surface area (Å²) in [5, 5.41) is 4.03. The molecule has 0 aromatic rings. The lowest BCUT2D eigenvalue weighted by atomic mass is 9.74. The molecule has 1 heteroatoms. The third-order valence-corrected chi connectivity index (χ3v) is 5.68. The summed E-state index contributed by atoms with van der Waals surface area (Å²) in [6, 6.07) is 1.67. The maximum absolute atomic E-state index is 4.03. The summed E-state index contributed by atoms with van der Waals surface area (Å²) in [5.74, 6) is 2.20. The Labute approximate surface area is 113 Å². The van der Waals surface area contributed by atoms with Crippen LogP contribution in [-0.4, -0.2) is 12.1 Å². The second kappa shape index (κ2) is 5.15. The number of hydrogen-bond donors (Lipinski definition) is 1. The van der Waals surface area contributed by atoms with E-state index in [4.69, 9.17) is 0 Å². The predicted octanol–water partition coefficient (Wildman–Crippen LogP) is 4.51. The van der Waals surface area contributed by atoms with Gasteiger partial charge >= 0.3 is 0 Å². The zero-order chi connectivity index (χ0) is 12.6. The number of nitrogens with one attached hydrogen (secondary N) is 1. The van der Waals surface area contributed by atoms with E-state index in [1.165, 1.54) is 64.2 Å². The summed E-state index contributed by atoms with van der Waals surface area (Å²) in [6.45, 7) is 4.91. The average molecular weight is 249 g/mol. The van der Waals surface area contributed by atoms with Crippen molar-refractivity contribution in [2.75, 3.05) is 0 Å². The first-order chi connectivity index (χ1) is 8.62. The molecule has 18 heavy (non-hydrogen) atoms. The van der Waals surface area contributed by atoms with E-state index in [0.29, 0.717) is 5.41 Å². The first-order valence-electron chi connectivity index (χ1n) is 8.38. The molecule has 0 amide bonds. The van der Waals surface area contributed by atoms with Gasteiger partial charge in [0.1, 0.15) is 0 Å². The molecular weight excluding hydrogens is 218 g/mol. The highest BCUT2D eigenvalue weighted by Crippen LogP contribution is 2.44. The van der Waals surface area contributed by atoms with Crippen LogP contribution in [0.2, 0.25) is 0 Å². The molecule has 1 nitrogen and oxygen atoms in total. The Morgan fingerprint density at radius 2 is 1.61 bits per heavy atom. The van der Waals surface area contributed by atoms with Gasteiger partial charge in [-0.2, -0.15) is 0 Å². The fourth-order valence-electron chi connectivity index (χ4n) is 4.55. The van der Waals surface area contributed by atoms with E-state index < -0.39 is 0 Å². The molecule has 0 aromatic carbocycles. The highest BCUT2D eigenvalue weighted by molar-refractivity contribution is 4.91. The summed E-state index contributed by atoms with van der Waals surface area (Å²) in [6.07, 6.45) is 14.7. The van der Waals surface area contributed by atoms with Crippen LogP contribution in [0.4, 0.5) is 0 Å². The molecule has 3 aliphatic carbocycles. The lowest BCUT2D eigenvalue weighted by Crippen LogP contribution is -2.45. The molecule has 3 fully saturated rings. The van der Waals surface area contributed by atoms with Gasteiger partial charge in [0, 0.05) is 12.1 Å². The van der Waals surface area contributed by atoms with Gasteiger partial charge in [0.25, 0.3) is 0 Å². The van der Waals surface area contributed by atoms with Gasteiger partial charge in [-0.1, -0.05) is 33.1 Å². The van der Waals surface area contributed by atoms with Crippen molar-refractivity contribution in [2.45, 2.75) is 90.1 Å². The van der Waals surface area contributed by atoms with E-state index in [1.54, 1.807) is 0 Å². The molecule has 3 unspecified atom stereocenters. The zero-order valence-corrected chi connectivity index (χ0v) is 12.4. The van der Waals surface area contributed by atoms with Gasteiger partial charge in [0.15, 0.2) is 0 Å². The maximum atomic E-state index is 4.03. The summed E-state index contributed by atoms with van der Waals surface area (Å²) in [7, 11) is 0. The molecule has 3 aliphatic rings. The molecule has 3 atom stereocenters. The van der Waals surface area contributed by atoms with Crippen LogP contribution >= 0.6 is 0 Å². The van der Waals surface area contributed by atoms with Gasteiger partial charge in [-0.15, -0.1) is 0 Å². The van der Waals surface area contributed by atoms with Gasteiger partial charge in [0.2, 0.25) is 0 Å². The average Bonchev–Trinajstić information content (AvgIpc) is 3.11. The molecule has 0 spiro atoms. The van der Waals surface area contributed by atoms with Gasteiger partial charge in [-0.3, -0.25) is 0 Å². The van der Waals surface area contributed by atoms with Crippen molar-refractivity contribution in [3.05, 3.63) is 0 Å². The standard InChI is InChI=1S/C17H31N/c1-17(2)10-4-7-16(12-17)18-15-6-3-5-14(11-15)13-8-9-13/h13-16,18H,3-12H2,1-2H3. The summed E-state index contributed by atoms with van der Waals surface area (Å²) < 4.78 is 0. The zero-order valence-electron chi connectivity index (χ0n) is 12.4. The molecule has 0 saturated heterocycles. The number of hydrogen-bond acceptors (Lipinski definition) is 1. The second-order valence-corrected chi connectivity index (χ2v) is 8.09. The fraction of sp³-hybridized carbons (Fsp3) is 1.00. The first-order valence-corrected chi connectivity index (χ1v) is 8.38. The Balaban J connectivity index is 1.49. The quantitative estimate of drug-likeness (QED) is 0.776. The Morgan fingerprint density at radius 3 is 2.33 bits per heavy atom. The minimum atomic E-state index is 0.584. The molecule has 0 heterocycles. The molecule has 0 aromatic heterocycles. The van der Waals surface area contributed by atoms with Crippen LogP contribution in [0, 0.1) is 17.3 Å². The van der Waals surface area contributed by atoms with Crippen molar-refractivity contribution < 1.29 is 0 Å². The predicted molar refractivity (Wildman–Crippen MR) is 77.6 cm³/mol. The lowest BCUT2D eigenvalue weighted by molar-refractivity contribution is 0.167. The molecule has 1 N–H and O–H groups in total. The van der Waals surface area contributed by atoms with Crippen LogP contribution in [-0.2, 0) is 0 Å². The van der Waals surface area contributed by atoms with E-state index in [1.807, 2.05) is 0 Å². The highest BCUT2D eigenvalue weighted by atomic mass is 15.0. The van der Waals surface area contributed by atoms with Crippen molar-refractivity contribution in [2.24, 2.45) is 17.3 Å². The monoisotopic (exact) mass is 249 g/mol. The fourth-order valence-corrected chi connectivity index (χ4v) is 4.55. The maximum Gasteiger partial charge on any atom is 0.00747 e. The molecular formula is C17H31N. The number of rotatable bonds is 3. The lowest BCUT2D eigenvalue weighted by Gasteiger charge is -2.39. The van der Waals surface area contributed by atoms with E-state index in [2.05, 4.69) is 19.2 Å². The summed E-state index contributed by atoms with van der Waals surface area (Å²) in [5.41, 5.74) is 0.584. The van der Waals surface area contributed by atoms with Crippen LogP contribution < -0.4 is 5.32 Å². The molecule has 3 rings (SSSR count). The third-order valence-electron chi connectivity index (χ3n) is 5.68. The van der Waals surface area contributed by atoms with Crippen molar-refractivity contribution in [1.82, 2.24) is 5.32 Å². The Kier molecular flexibility index (Phi) is 3.71. The topological polar surface area (TPSA) is 12.0 Å². The molecule has 3 saturated carbocycles. The van der Waals surface area contributed by atoms with E-state index in [-0.39, 0.29) is 0 Å². The van der Waals surface area contributed by atoms with E-state index in [9.17, 15) is 0 Å². The van der Waals surface area contributed by atoms with Gasteiger partial charge in [-0.25, -0.2) is 0 Å². The minimum Gasteiger partial charge on any atom is -0.311 e. The van der Waals surface area contributed by atoms with Crippen LogP contribution in [0.3, 0.4) is 0 Å². The first kappa shape index (κ1) is 13.0. The Morgan fingerprint density at radius 1 is 0.833 bits per heavy atom. The van der Waals surface area contributed by atoms with Gasteiger partial charge < -0.3 is 5.32 Å². The van der Waals surface area contributed by atoms with Crippen molar-refractivity contribution in [1.29, 1.82) is 0 Å². The molecule has 104 valence electrons. The second-order valence-electron chi connectivity index (χ2n) is 8.09. The van der Waals surface area contributed by atoms with Crippen LogP contribution in [0.25, 0.3) is 0 Å². The largest absolute Gasteiger partial charge is 0.311 e. The Bertz CT molecular complexity index is 279. The summed E-state index contributed by atoms with van der Waals surface area (Å²) >= 11 is 0. The van der Waals surface area contributed by atoms with E-state index >= 15 is 0 Å². The van der Waals surface area contributed by atoms with Crippen molar-refractivity contribution in [3.8, 4) is 0 Å².